The van der Waals surface area contributed by atoms with Gasteiger partial charge in [0.1, 0.15) is 0 Å². The fourth-order valence-corrected chi connectivity index (χ4v) is 2.47. The fraction of sp³-hybridized carbons (Fsp3) is 0.583. The molecule has 0 spiro atoms. The number of ether oxygens (including phenoxy) is 1. The van der Waals surface area contributed by atoms with Crippen LogP contribution in [0.1, 0.15) is 30.1 Å². The van der Waals surface area contributed by atoms with Crippen LogP contribution < -0.4 is 5.32 Å². The molecule has 3 nitrogen and oxygen atoms in total. The molecule has 2 heterocycles. The predicted octanol–water partition coefficient (Wildman–Crippen LogP) is 2.29. The molecule has 88 valence electrons. The molecule has 1 saturated heterocycles. The lowest BCUT2D eigenvalue weighted by atomic mass is 9.82. The van der Waals surface area contributed by atoms with Gasteiger partial charge in [0.15, 0.2) is 0 Å². The molecule has 1 aromatic heterocycles. The van der Waals surface area contributed by atoms with E-state index in [2.05, 4.69) is 12.2 Å². The first-order valence-corrected chi connectivity index (χ1v) is 6.52. The highest BCUT2D eigenvalue weighted by molar-refractivity contribution is 7.08. The third kappa shape index (κ3) is 2.83. The maximum atomic E-state index is 11.8. The number of hydrogen-bond acceptors (Lipinski definition) is 3. The van der Waals surface area contributed by atoms with Crippen LogP contribution in [0.4, 0.5) is 0 Å². The molecular formula is C12H17NO2S. The quantitative estimate of drug-likeness (QED) is 0.879. The largest absolute Gasteiger partial charge is 0.381 e. The van der Waals surface area contributed by atoms with Crippen molar-refractivity contribution in [1.82, 2.24) is 5.32 Å². The van der Waals surface area contributed by atoms with E-state index < -0.39 is 0 Å². The number of carbonyl (C=O) groups is 1. The van der Waals surface area contributed by atoms with Crippen molar-refractivity contribution in [3.05, 3.63) is 22.4 Å². The Morgan fingerprint density at radius 1 is 1.56 bits per heavy atom. The molecule has 1 aliphatic heterocycles. The third-order valence-electron chi connectivity index (χ3n) is 3.16. The molecule has 0 atom stereocenters. The molecule has 1 aliphatic rings. The molecule has 2 rings (SSSR count). The minimum atomic E-state index is 0.0361. The van der Waals surface area contributed by atoms with Gasteiger partial charge in [-0.25, -0.2) is 0 Å². The minimum absolute atomic E-state index is 0.0361. The van der Waals surface area contributed by atoms with E-state index in [1.807, 2.05) is 16.8 Å². The zero-order valence-electron chi connectivity index (χ0n) is 9.49. The Labute approximate surface area is 99.8 Å². The summed E-state index contributed by atoms with van der Waals surface area (Å²) in [5.74, 6) is 0.0361. The average molecular weight is 239 g/mol. The van der Waals surface area contributed by atoms with Gasteiger partial charge in [-0.05, 0) is 29.7 Å². The Bertz CT molecular complexity index is 342. The van der Waals surface area contributed by atoms with E-state index in [0.29, 0.717) is 0 Å². The van der Waals surface area contributed by atoms with Gasteiger partial charge < -0.3 is 10.1 Å². The van der Waals surface area contributed by atoms with Crippen molar-refractivity contribution < 1.29 is 9.53 Å². The van der Waals surface area contributed by atoms with Crippen molar-refractivity contribution in [2.45, 2.75) is 19.8 Å². The van der Waals surface area contributed by atoms with Crippen LogP contribution in [0.5, 0.6) is 0 Å². The number of rotatable bonds is 3. The molecule has 0 aromatic carbocycles. The Morgan fingerprint density at radius 2 is 2.31 bits per heavy atom. The Hall–Kier alpha value is -0.870. The fourth-order valence-electron chi connectivity index (χ4n) is 1.83. The molecule has 1 fully saturated rings. The van der Waals surface area contributed by atoms with E-state index in [9.17, 15) is 4.79 Å². The molecule has 16 heavy (non-hydrogen) atoms. The van der Waals surface area contributed by atoms with Crippen molar-refractivity contribution in [1.29, 1.82) is 0 Å². The van der Waals surface area contributed by atoms with E-state index in [1.165, 1.54) is 0 Å². The molecule has 1 aromatic rings. The second-order valence-corrected chi connectivity index (χ2v) is 5.40. The smallest absolute Gasteiger partial charge is 0.252 e. The summed E-state index contributed by atoms with van der Waals surface area (Å²) < 4.78 is 5.33. The van der Waals surface area contributed by atoms with Gasteiger partial charge in [0.2, 0.25) is 0 Å². The van der Waals surface area contributed by atoms with E-state index >= 15 is 0 Å². The first kappa shape index (κ1) is 11.6. The van der Waals surface area contributed by atoms with Gasteiger partial charge in [0.25, 0.3) is 5.91 Å². The van der Waals surface area contributed by atoms with Crippen molar-refractivity contribution >= 4 is 17.2 Å². The first-order valence-electron chi connectivity index (χ1n) is 5.58. The number of hydrogen-bond donors (Lipinski definition) is 1. The summed E-state index contributed by atoms with van der Waals surface area (Å²) in [5.41, 5.74) is 0.963. The Morgan fingerprint density at radius 3 is 2.94 bits per heavy atom. The van der Waals surface area contributed by atoms with Crippen LogP contribution in [-0.2, 0) is 4.74 Å². The van der Waals surface area contributed by atoms with Gasteiger partial charge in [-0.1, -0.05) is 6.92 Å². The van der Waals surface area contributed by atoms with Crippen LogP contribution in [0.2, 0.25) is 0 Å². The SMILES string of the molecule is CC1(CNC(=O)c2ccsc2)CCOCC1. The minimum Gasteiger partial charge on any atom is -0.381 e. The van der Waals surface area contributed by atoms with Crippen LogP contribution in [0, 0.1) is 5.41 Å². The molecule has 0 aliphatic carbocycles. The average Bonchev–Trinajstić information content (AvgIpc) is 2.80. The molecular weight excluding hydrogens is 222 g/mol. The van der Waals surface area contributed by atoms with Gasteiger partial charge >= 0.3 is 0 Å². The number of thiophene rings is 1. The maximum absolute atomic E-state index is 11.8. The highest BCUT2D eigenvalue weighted by atomic mass is 32.1. The van der Waals surface area contributed by atoms with Gasteiger partial charge in [-0.2, -0.15) is 11.3 Å². The zero-order chi connectivity index (χ0) is 11.4. The molecule has 1 N–H and O–H groups in total. The Kier molecular flexibility index (Phi) is 3.61. The van der Waals surface area contributed by atoms with Crippen molar-refractivity contribution in [2.24, 2.45) is 5.41 Å². The van der Waals surface area contributed by atoms with Crippen LogP contribution in [-0.4, -0.2) is 25.7 Å². The third-order valence-corrected chi connectivity index (χ3v) is 3.84. The summed E-state index contributed by atoms with van der Waals surface area (Å²) >= 11 is 1.55. The molecule has 0 radical (unpaired) electrons. The van der Waals surface area contributed by atoms with Gasteiger partial charge in [-0.15, -0.1) is 0 Å². The van der Waals surface area contributed by atoms with E-state index in [0.717, 1.165) is 38.2 Å². The Balaban J connectivity index is 1.84. The normalized spacial score (nSPS) is 19.3. The maximum Gasteiger partial charge on any atom is 0.252 e. The van der Waals surface area contributed by atoms with E-state index in [-0.39, 0.29) is 11.3 Å². The number of nitrogens with one attached hydrogen (secondary N) is 1. The standard InChI is InChI=1S/C12H17NO2S/c1-12(3-5-15-6-4-12)9-13-11(14)10-2-7-16-8-10/h2,7-8H,3-6,9H2,1H3,(H,13,14). The summed E-state index contributed by atoms with van der Waals surface area (Å²) in [5, 5.41) is 6.81. The second kappa shape index (κ2) is 4.97. The summed E-state index contributed by atoms with van der Waals surface area (Å²) in [6.07, 6.45) is 2.05. The van der Waals surface area contributed by atoms with E-state index in [1.54, 1.807) is 11.3 Å². The van der Waals surface area contributed by atoms with Crippen molar-refractivity contribution in [3.8, 4) is 0 Å². The summed E-state index contributed by atoms with van der Waals surface area (Å²) in [6.45, 7) is 4.57. The number of carbonyl (C=O) groups excluding carboxylic acids is 1. The summed E-state index contributed by atoms with van der Waals surface area (Å²) in [6, 6.07) is 1.85. The second-order valence-electron chi connectivity index (χ2n) is 4.62. The monoisotopic (exact) mass is 239 g/mol. The molecule has 0 bridgehead atoms. The van der Waals surface area contributed by atoms with Crippen LogP contribution in [0.15, 0.2) is 16.8 Å². The van der Waals surface area contributed by atoms with Crippen molar-refractivity contribution in [2.75, 3.05) is 19.8 Å². The lowest BCUT2D eigenvalue weighted by Crippen LogP contribution is -2.39. The lowest BCUT2D eigenvalue weighted by Gasteiger charge is -2.33. The number of amides is 1. The summed E-state index contributed by atoms with van der Waals surface area (Å²) in [4.78, 5) is 11.8. The van der Waals surface area contributed by atoms with Gasteiger partial charge in [0.05, 0.1) is 0 Å². The van der Waals surface area contributed by atoms with Crippen LogP contribution in [0.3, 0.4) is 0 Å². The lowest BCUT2D eigenvalue weighted by molar-refractivity contribution is 0.0238. The van der Waals surface area contributed by atoms with Crippen molar-refractivity contribution in [3.63, 3.8) is 0 Å². The topological polar surface area (TPSA) is 38.3 Å². The predicted molar refractivity (Wildman–Crippen MR) is 64.8 cm³/mol. The summed E-state index contributed by atoms with van der Waals surface area (Å²) in [7, 11) is 0. The van der Waals surface area contributed by atoms with Crippen LogP contribution >= 0.6 is 11.3 Å². The zero-order valence-corrected chi connectivity index (χ0v) is 10.3. The van der Waals surface area contributed by atoms with Gasteiger partial charge in [0, 0.05) is 30.7 Å². The van der Waals surface area contributed by atoms with Crippen LogP contribution in [0.25, 0.3) is 0 Å². The highest BCUT2D eigenvalue weighted by Gasteiger charge is 2.27. The molecule has 4 heteroatoms. The molecule has 0 unspecified atom stereocenters. The van der Waals surface area contributed by atoms with E-state index in [4.69, 9.17) is 4.74 Å². The van der Waals surface area contributed by atoms with Gasteiger partial charge in [-0.3, -0.25) is 4.79 Å². The molecule has 0 saturated carbocycles. The first-order chi connectivity index (χ1) is 7.70. The molecule has 1 amide bonds. The highest BCUT2D eigenvalue weighted by Crippen LogP contribution is 2.28.